The van der Waals surface area contributed by atoms with Crippen molar-refractivity contribution in [2.75, 3.05) is 31.1 Å². The first-order chi connectivity index (χ1) is 12.7. The molecule has 144 valence electrons. The van der Waals surface area contributed by atoms with Crippen molar-refractivity contribution in [3.63, 3.8) is 0 Å². The Hall–Kier alpha value is -1.58. The van der Waals surface area contributed by atoms with E-state index in [0.29, 0.717) is 18.8 Å². The zero-order valence-electron chi connectivity index (χ0n) is 13.8. The molecule has 0 spiro atoms. The van der Waals surface area contributed by atoms with Crippen LogP contribution in [0.25, 0.3) is 0 Å². The van der Waals surface area contributed by atoms with Gasteiger partial charge in [-0.05, 0) is 18.2 Å². The molecule has 0 atom stereocenters. The summed E-state index contributed by atoms with van der Waals surface area (Å²) in [5.74, 6) is 0. The van der Waals surface area contributed by atoms with Crippen LogP contribution in [0.4, 0.5) is 11.4 Å². The second kappa shape index (κ2) is 7.81. The van der Waals surface area contributed by atoms with E-state index in [4.69, 9.17) is 34.8 Å². The quantitative estimate of drug-likeness (QED) is 0.518. The van der Waals surface area contributed by atoms with Crippen LogP contribution in [0.3, 0.4) is 0 Å². The average Bonchev–Trinajstić information content (AvgIpc) is 2.63. The number of sulfonamides is 1. The minimum atomic E-state index is -3.78. The smallest absolute Gasteiger partial charge is 0.271 e. The topological polar surface area (TPSA) is 83.8 Å². The number of hydrogen-bond donors (Lipinski definition) is 0. The van der Waals surface area contributed by atoms with E-state index in [-0.39, 0.29) is 38.7 Å². The predicted molar refractivity (Wildman–Crippen MR) is 106 cm³/mol. The van der Waals surface area contributed by atoms with Crippen molar-refractivity contribution in [3.8, 4) is 0 Å². The van der Waals surface area contributed by atoms with E-state index in [0.717, 1.165) is 0 Å². The second-order valence-electron chi connectivity index (χ2n) is 5.84. The van der Waals surface area contributed by atoms with Crippen molar-refractivity contribution in [1.82, 2.24) is 4.31 Å². The Morgan fingerprint density at radius 1 is 0.963 bits per heavy atom. The number of piperazine rings is 1. The van der Waals surface area contributed by atoms with E-state index in [1.165, 1.54) is 34.6 Å². The van der Waals surface area contributed by atoms with Crippen LogP contribution in [0.15, 0.2) is 41.3 Å². The first-order valence-corrected chi connectivity index (χ1v) is 10.4. The zero-order chi connectivity index (χ0) is 19.8. The Balaban J connectivity index is 1.77. The van der Waals surface area contributed by atoms with Crippen molar-refractivity contribution in [2.45, 2.75) is 4.90 Å². The molecule has 0 radical (unpaired) electrons. The summed E-state index contributed by atoms with van der Waals surface area (Å²) in [6.45, 7) is 1.21. The van der Waals surface area contributed by atoms with E-state index < -0.39 is 14.9 Å². The summed E-state index contributed by atoms with van der Waals surface area (Å²) in [7, 11) is -3.78. The Morgan fingerprint density at radius 3 is 2.22 bits per heavy atom. The van der Waals surface area contributed by atoms with Gasteiger partial charge in [0.1, 0.15) is 4.90 Å². The third-order valence-corrected chi connectivity index (χ3v) is 7.43. The molecule has 2 aromatic rings. The Kier molecular flexibility index (Phi) is 5.83. The molecule has 3 rings (SSSR count). The van der Waals surface area contributed by atoms with Crippen LogP contribution in [-0.2, 0) is 10.0 Å². The zero-order valence-corrected chi connectivity index (χ0v) is 16.9. The Labute approximate surface area is 171 Å². The van der Waals surface area contributed by atoms with Gasteiger partial charge in [-0.25, -0.2) is 8.42 Å². The summed E-state index contributed by atoms with van der Waals surface area (Å²) in [6, 6.07) is 8.70. The number of anilines is 1. The maximum atomic E-state index is 12.9. The molecule has 0 amide bonds. The summed E-state index contributed by atoms with van der Waals surface area (Å²) < 4.78 is 27.0. The molecule has 0 unspecified atom stereocenters. The van der Waals surface area contributed by atoms with Crippen molar-refractivity contribution in [1.29, 1.82) is 0 Å². The number of nitro benzene ring substituents is 1. The van der Waals surface area contributed by atoms with Gasteiger partial charge >= 0.3 is 0 Å². The molecule has 1 saturated heterocycles. The summed E-state index contributed by atoms with van der Waals surface area (Å²) in [5.41, 5.74) is 0.528. The maximum absolute atomic E-state index is 12.9. The second-order valence-corrected chi connectivity index (χ2v) is 8.93. The molecule has 0 bridgehead atoms. The van der Waals surface area contributed by atoms with Crippen molar-refractivity contribution in [3.05, 3.63) is 61.6 Å². The van der Waals surface area contributed by atoms with Crippen molar-refractivity contribution >= 4 is 56.2 Å². The molecule has 1 heterocycles. The fraction of sp³-hybridized carbons (Fsp3) is 0.250. The van der Waals surface area contributed by atoms with Crippen molar-refractivity contribution in [2.24, 2.45) is 0 Å². The number of nitrogens with zero attached hydrogens (tertiary/aromatic N) is 3. The molecule has 7 nitrogen and oxygen atoms in total. The molecule has 0 aromatic heterocycles. The summed E-state index contributed by atoms with van der Waals surface area (Å²) >= 11 is 18.1. The fourth-order valence-electron chi connectivity index (χ4n) is 2.86. The normalized spacial score (nSPS) is 15.7. The number of benzene rings is 2. The van der Waals surface area contributed by atoms with E-state index >= 15 is 0 Å². The molecule has 2 aromatic carbocycles. The molecule has 11 heteroatoms. The van der Waals surface area contributed by atoms with Gasteiger partial charge in [-0.15, -0.1) is 0 Å². The lowest BCUT2D eigenvalue weighted by Gasteiger charge is -2.35. The van der Waals surface area contributed by atoms with Gasteiger partial charge in [0, 0.05) is 38.3 Å². The lowest BCUT2D eigenvalue weighted by molar-refractivity contribution is -0.384. The number of halogens is 3. The Morgan fingerprint density at radius 2 is 1.63 bits per heavy atom. The summed E-state index contributed by atoms with van der Waals surface area (Å²) in [4.78, 5) is 12.2. The van der Waals surface area contributed by atoms with Gasteiger partial charge in [-0.1, -0.05) is 40.9 Å². The van der Waals surface area contributed by atoms with Gasteiger partial charge in [0.25, 0.3) is 5.69 Å². The highest BCUT2D eigenvalue weighted by Crippen LogP contribution is 2.33. The standard InChI is InChI=1S/C16H14Cl3N3O4S/c17-12-2-1-3-15(16(12)19)27(25,26)21-8-6-20(7-9-21)14-5-4-11(22(23)24)10-13(14)18/h1-5,10H,6-9H2. The third-order valence-electron chi connectivity index (χ3n) is 4.26. The molecule has 27 heavy (non-hydrogen) atoms. The van der Waals surface area contributed by atoms with Crippen LogP contribution in [-0.4, -0.2) is 43.8 Å². The fourth-order valence-corrected chi connectivity index (χ4v) is 5.31. The number of nitro groups is 1. The molecule has 1 aliphatic heterocycles. The Bertz CT molecular complexity index is 992. The molecule has 0 saturated carbocycles. The maximum Gasteiger partial charge on any atom is 0.271 e. The highest BCUT2D eigenvalue weighted by atomic mass is 35.5. The summed E-state index contributed by atoms with van der Waals surface area (Å²) in [6.07, 6.45) is 0. The minimum absolute atomic E-state index is 0.00000889. The van der Waals surface area contributed by atoms with Gasteiger partial charge in [0.15, 0.2) is 0 Å². The first-order valence-electron chi connectivity index (χ1n) is 7.85. The highest BCUT2D eigenvalue weighted by Gasteiger charge is 2.31. The number of rotatable bonds is 4. The summed E-state index contributed by atoms with van der Waals surface area (Å²) in [5, 5.41) is 11.2. The molecular formula is C16H14Cl3N3O4S. The van der Waals surface area contributed by atoms with E-state index in [1.807, 2.05) is 4.90 Å². The number of hydrogen-bond acceptors (Lipinski definition) is 5. The van der Waals surface area contributed by atoms with Gasteiger partial charge < -0.3 is 4.90 Å². The highest BCUT2D eigenvalue weighted by molar-refractivity contribution is 7.89. The monoisotopic (exact) mass is 449 g/mol. The molecule has 0 aliphatic carbocycles. The van der Waals surface area contributed by atoms with E-state index in [9.17, 15) is 18.5 Å². The van der Waals surface area contributed by atoms with Crippen LogP contribution in [0, 0.1) is 10.1 Å². The lowest BCUT2D eigenvalue weighted by atomic mass is 10.2. The minimum Gasteiger partial charge on any atom is -0.368 e. The van der Waals surface area contributed by atoms with Crippen LogP contribution in [0.1, 0.15) is 0 Å². The van der Waals surface area contributed by atoms with Gasteiger partial charge in [0.05, 0.1) is 25.7 Å². The molecule has 1 fully saturated rings. The van der Waals surface area contributed by atoms with Crippen LogP contribution in [0.2, 0.25) is 15.1 Å². The third kappa shape index (κ3) is 4.00. The van der Waals surface area contributed by atoms with Crippen LogP contribution in [0.5, 0.6) is 0 Å². The van der Waals surface area contributed by atoms with E-state index in [1.54, 1.807) is 6.07 Å². The lowest BCUT2D eigenvalue weighted by Crippen LogP contribution is -2.48. The molecule has 1 aliphatic rings. The van der Waals surface area contributed by atoms with Gasteiger partial charge in [-0.3, -0.25) is 10.1 Å². The number of non-ortho nitro benzene ring substituents is 1. The average molecular weight is 451 g/mol. The first kappa shape index (κ1) is 20.2. The van der Waals surface area contributed by atoms with Crippen LogP contribution < -0.4 is 4.90 Å². The van der Waals surface area contributed by atoms with Crippen LogP contribution >= 0.6 is 34.8 Å². The van der Waals surface area contributed by atoms with E-state index in [2.05, 4.69) is 0 Å². The van der Waals surface area contributed by atoms with Crippen molar-refractivity contribution < 1.29 is 13.3 Å². The molecule has 0 N–H and O–H groups in total. The largest absolute Gasteiger partial charge is 0.368 e. The van der Waals surface area contributed by atoms with Gasteiger partial charge in [-0.2, -0.15) is 4.31 Å². The molecular weight excluding hydrogens is 437 g/mol. The predicted octanol–water partition coefficient (Wildman–Crippen LogP) is 4.07. The SMILES string of the molecule is O=[N+]([O-])c1ccc(N2CCN(S(=O)(=O)c3cccc(Cl)c3Cl)CC2)c(Cl)c1. The van der Waals surface area contributed by atoms with Gasteiger partial charge in [0.2, 0.25) is 10.0 Å².